The van der Waals surface area contributed by atoms with E-state index in [4.69, 9.17) is 9.47 Å². The summed E-state index contributed by atoms with van der Waals surface area (Å²) in [4.78, 5) is 27.2. The van der Waals surface area contributed by atoms with Crippen LogP contribution in [0.15, 0.2) is 0 Å². The first-order valence-electron chi connectivity index (χ1n) is 22.3. The summed E-state index contributed by atoms with van der Waals surface area (Å²) in [7, 11) is 0. The number of rotatable bonds is 41. The van der Waals surface area contributed by atoms with Gasteiger partial charge in [0.2, 0.25) is 0 Å². The first-order chi connectivity index (χ1) is 24.6. The molecule has 6 heteroatoms. The summed E-state index contributed by atoms with van der Waals surface area (Å²) in [6.07, 6.45) is 38.0. The Morgan fingerprint density at radius 2 is 0.840 bits per heavy atom. The summed E-state index contributed by atoms with van der Waals surface area (Å²) in [5, 5.41) is 9.37. The number of aliphatic hydroxyl groups excluding tert-OH is 1. The molecule has 6 nitrogen and oxygen atoms in total. The molecular weight excluding hydrogens is 622 g/mol. The Balaban J connectivity index is 4.05. The summed E-state index contributed by atoms with van der Waals surface area (Å²) in [6, 6.07) is 0. The van der Waals surface area contributed by atoms with Crippen LogP contribution in [0, 0.1) is 0 Å². The third-order valence-corrected chi connectivity index (χ3v) is 10.2. The lowest BCUT2D eigenvalue weighted by molar-refractivity contribution is -0.150. The van der Waals surface area contributed by atoms with Crippen molar-refractivity contribution < 1.29 is 24.2 Å². The van der Waals surface area contributed by atoms with Gasteiger partial charge in [-0.2, -0.15) is 0 Å². The Bertz CT molecular complexity index is 686. The van der Waals surface area contributed by atoms with Crippen LogP contribution in [0.1, 0.15) is 233 Å². The van der Waals surface area contributed by atoms with E-state index in [0.717, 1.165) is 90.3 Å². The van der Waals surface area contributed by atoms with Crippen LogP contribution in [0.4, 0.5) is 0 Å². The fourth-order valence-electron chi connectivity index (χ4n) is 6.85. The van der Waals surface area contributed by atoms with E-state index >= 15 is 0 Å². The molecule has 0 aliphatic heterocycles. The molecular formula is C44H87NO5. The largest absolute Gasteiger partial charge is 0.466 e. The van der Waals surface area contributed by atoms with Gasteiger partial charge in [0.15, 0.2) is 0 Å². The van der Waals surface area contributed by atoms with Crippen LogP contribution in [-0.4, -0.2) is 60.9 Å². The minimum absolute atomic E-state index is 0.0162. The summed E-state index contributed by atoms with van der Waals surface area (Å²) < 4.78 is 11.4. The van der Waals surface area contributed by atoms with Crippen molar-refractivity contribution in [1.82, 2.24) is 4.90 Å². The molecule has 0 atom stereocenters. The number of ether oxygens (including phenoxy) is 2. The van der Waals surface area contributed by atoms with Gasteiger partial charge < -0.3 is 19.5 Å². The number of carbonyl (C=O) groups excluding carboxylic acids is 2. The van der Waals surface area contributed by atoms with E-state index in [1.54, 1.807) is 0 Å². The molecule has 0 bridgehead atoms. The van der Waals surface area contributed by atoms with E-state index in [2.05, 4.69) is 25.7 Å². The van der Waals surface area contributed by atoms with E-state index in [-0.39, 0.29) is 24.6 Å². The monoisotopic (exact) mass is 710 g/mol. The normalized spacial score (nSPS) is 11.6. The highest BCUT2D eigenvalue weighted by atomic mass is 16.5. The summed E-state index contributed by atoms with van der Waals surface area (Å²) in [5.74, 6) is -0.0174. The van der Waals surface area contributed by atoms with Crippen molar-refractivity contribution in [3.05, 3.63) is 0 Å². The molecule has 0 saturated heterocycles. The first-order valence-corrected chi connectivity index (χ1v) is 22.3. The van der Waals surface area contributed by atoms with Crippen LogP contribution in [0.2, 0.25) is 0 Å². The van der Waals surface area contributed by atoms with E-state index in [1.165, 1.54) is 128 Å². The van der Waals surface area contributed by atoms with Gasteiger partial charge in [0.05, 0.1) is 6.61 Å². The van der Waals surface area contributed by atoms with Crippen molar-refractivity contribution in [2.45, 2.75) is 239 Å². The second-order valence-corrected chi connectivity index (χ2v) is 15.2. The van der Waals surface area contributed by atoms with Gasteiger partial charge in [0.25, 0.3) is 0 Å². The van der Waals surface area contributed by atoms with Crippen molar-refractivity contribution in [2.75, 3.05) is 32.8 Å². The molecule has 0 aliphatic rings. The minimum atomic E-state index is -0.0337. The Hall–Kier alpha value is -1.14. The number of hydrogen-bond donors (Lipinski definition) is 1. The number of esters is 2. The van der Waals surface area contributed by atoms with Crippen LogP contribution >= 0.6 is 0 Å². The van der Waals surface area contributed by atoms with Crippen LogP contribution in [0.5, 0.6) is 0 Å². The van der Waals surface area contributed by atoms with Gasteiger partial charge >= 0.3 is 11.9 Å². The molecule has 0 aromatic heterocycles. The van der Waals surface area contributed by atoms with Gasteiger partial charge in [-0.25, -0.2) is 0 Å². The quantitative estimate of drug-likeness (QED) is 0.0503. The van der Waals surface area contributed by atoms with Crippen LogP contribution < -0.4 is 0 Å². The molecule has 0 radical (unpaired) electrons. The number of hydrogen-bond acceptors (Lipinski definition) is 6. The zero-order valence-corrected chi connectivity index (χ0v) is 34.0. The van der Waals surface area contributed by atoms with Crippen molar-refractivity contribution in [3.8, 4) is 0 Å². The minimum Gasteiger partial charge on any atom is -0.466 e. The lowest BCUT2D eigenvalue weighted by Gasteiger charge is -2.22. The van der Waals surface area contributed by atoms with Crippen LogP contribution in [0.3, 0.4) is 0 Å². The summed E-state index contributed by atoms with van der Waals surface area (Å²) >= 11 is 0. The first kappa shape index (κ1) is 48.9. The highest BCUT2D eigenvalue weighted by molar-refractivity contribution is 5.69. The smallest absolute Gasteiger partial charge is 0.306 e. The van der Waals surface area contributed by atoms with Crippen LogP contribution in [0.25, 0.3) is 0 Å². The maximum absolute atomic E-state index is 12.7. The SMILES string of the molecule is CCCCCCCCCOC(=O)CCCCCCN(CCCO)CCCCCCCC(=O)OC(CCCCCCCC)CCCCCCCC. The van der Waals surface area contributed by atoms with E-state index in [1.807, 2.05) is 0 Å². The average Bonchev–Trinajstić information content (AvgIpc) is 3.11. The molecule has 0 rings (SSSR count). The molecule has 0 aromatic carbocycles. The highest BCUT2D eigenvalue weighted by Gasteiger charge is 2.14. The molecule has 0 spiro atoms. The number of unbranched alkanes of at least 4 members (excludes halogenated alkanes) is 23. The fourth-order valence-corrected chi connectivity index (χ4v) is 6.85. The molecule has 1 N–H and O–H groups in total. The lowest BCUT2D eigenvalue weighted by atomic mass is 10.0. The highest BCUT2D eigenvalue weighted by Crippen LogP contribution is 2.18. The average molecular weight is 710 g/mol. The zero-order chi connectivity index (χ0) is 36.6. The molecule has 0 unspecified atom stereocenters. The van der Waals surface area contributed by atoms with Gasteiger partial charge in [-0.1, -0.05) is 156 Å². The van der Waals surface area contributed by atoms with E-state index in [0.29, 0.717) is 19.4 Å². The molecule has 0 saturated carbocycles. The van der Waals surface area contributed by atoms with E-state index < -0.39 is 0 Å². The molecule has 0 heterocycles. The zero-order valence-electron chi connectivity index (χ0n) is 34.0. The van der Waals surface area contributed by atoms with E-state index in [9.17, 15) is 14.7 Å². The van der Waals surface area contributed by atoms with Crippen molar-refractivity contribution >= 4 is 11.9 Å². The second-order valence-electron chi connectivity index (χ2n) is 15.2. The Kier molecular flexibility index (Phi) is 39.7. The van der Waals surface area contributed by atoms with Gasteiger partial charge in [0.1, 0.15) is 6.10 Å². The second kappa shape index (κ2) is 40.6. The third kappa shape index (κ3) is 36.6. The standard InChI is InChI=1S/C44H87NO5/c1-4-7-10-13-16-24-31-41-49-43(47)35-27-21-23-30-38-45(39-32-40-46)37-29-22-17-20-28-36-44(48)50-42(33-25-18-14-11-8-5-2)34-26-19-15-12-9-6-3/h42,46H,4-41H2,1-3H3. The van der Waals surface area contributed by atoms with Gasteiger partial charge in [-0.3, -0.25) is 9.59 Å². The number of aliphatic hydroxyl groups is 1. The molecule has 0 fully saturated rings. The van der Waals surface area contributed by atoms with Crippen molar-refractivity contribution in [2.24, 2.45) is 0 Å². The Morgan fingerprint density at radius 1 is 0.460 bits per heavy atom. The molecule has 0 amide bonds. The van der Waals surface area contributed by atoms with Gasteiger partial charge in [-0.15, -0.1) is 0 Å². The topological polar surface area (TPSA) is 76.1 Å². The van der Waals surface area contributed by atoms with Gasteiger partial charge in [-0.05, 0) is 77.3 Å². The predicted molar refractivity (Wildman–Crippen MR) is 214 cm³/mol. The predicted octanol–water partition coefficient (Wildman–Crippen LogP) is 12.7. The van der Waals surface area contributed by atoms with Crippen molar-refractivity contribution in [1.29, 1.82) is 0 Å². The fraction of sp³-hybridized carbons (Fsp3) is 0.955. The molecule has 50 heavy (non-hydrogen) atoms. The third-order valence-electron chi connectivity index (χ3n) is 10.2. The Labute approximate surface area is 312 Å². The summed E-state index contributed by atoms with van der Waals surface area (Å²) in [5.41, 5.74) is 0. The number of carbonyl (C=O) groups is 2. The van der Waals surface area contributed by atoms with Crippen molar-refractivity contribution in [3.63, 3.8) is 0 Å². The summed E-state index contributed by atoms with van der Waals surface area (Å²) in [6.45, 7) is 10.7. The molecule has 0 aliphatic carbocycles. The maximum atomic E-state index is 12.7. The number of nitrogens with zero attached hydrogens (tertiary/aromatic N) is 1. The Morgan fingerprint density at radius 3 is 1.32 bits per heavy atom. The van der Waals surface area contributed by atoms with Gasteiger partial charge in [0, 0.05) is 26.0 Å². The molecule has 0 aromatic rings. The lowest BCUT2D eigenvalue weighted by Crippen LogP contribution is -2.27. The molecule has 298 valence electrons. The maximum Gasteiger partial charge on any atom is 0.306 e. The van der Waals surface area contributed by atoms with Crippen LogP contribution in [-0.2, 0) is 19.1 Å².